The molecule has 1 N–H and O–H groups in total. The number of aryl methyl sites for hydroxylation is 2. The molecule has 0 atom stereocenters. The van der Waals surface area contributed by atoms with E-state index in [1.807, 2.05) is 6.07 Å². The molecule has 1 aliphatic heterocycles. The molecule has 0 radical (unpaired) electrons. The van der Waals surface area contributed by atoms with E-state index in [9.17, 15) is 9.65 Å². The number of nitrogens with one attached hydrogen (secondary N) is 1. The molecule has 8 heteroatoms. The van der Waals surface area contributed by atoms with Gasteiger partial charge >= 0.3 is 0 Å². The van der Waals surface area contributed by atoms with Gasteiger partial charge in [0.2, 0.25) is 0 Å². The average molecular weight is 393 g/mol. The van der Waals surface area contributed by atoms with Crippen LogP contribution in [0.5, 0.6) is 0 Å². The molecule has 0 fully saturated rings. The van der Waals surface area contributed by atoms with Gasteiger partial charge in [0.05, 0.1) is 26.5 Å². The molecule has 4 heterocycles. The number of nitrogens with zero attached hydrogens (tertiary/aromatic N) is 6. The SMILES string of the molecule is [2H]C1([2H])Cc2ncc(Nc3cc(C)ncc3F)cc2C([2H])([2H])N1c1nnc(C#N)c(C)c1C. The maximum absolute atomic E-state index is 14.2. The van der Waals surface area contributed by atoms with E-state index in [0.29, 0.717) is 22.5 Å². The van der Waals surface area contributed by atoms with Gasteiger partial charge in [0, 0.05) is 33.5 Å². The quantitative estimate of drug-likeness (QED) is 0.728. The highest BCUT2D eigenvalue weighted by Gasteiger charge is 2.22. The summed E-state index contributed by atoms with van der Waals surface area (Å²) in [7, 11) is 0. The minimum atomic E-state index is -2.37. The van der Waals surface area contributed by atoms with Crippen molar-refractivity contribution in [3.05, 3.63) is 64.1 Å². The molecule has 29 heavy (non-hydrogen) atoms. The summed E-state index contributed by atoms with van der Waals surface area (Å²) in [5.41, 5.74) is 2.51. The Hall–Kier alpha value is -3.60. The molecule has 146 valence electrons. The lowest BCUT2D eigenvalue weighted by Gasteiger charge is -2.30. The zero-order valence-electron chi connectivity index (χ0n) is 20.1. The third-order valence-electron chi connectivity index (χ3n) is 4.69. The zero-order chi connectivity index (χ0) is 24.1. The van der Waals surface area contributed by atoms with E-state index in [0.717, 1.165) is 11.1 Å². The number of hydrogen-bond donors (Lipinski definition) is 1. The van der Waals surface area contributed by atoms with Crippen LogP contribution in [0.4, 0.5) is 21.6 Å². The van der Waals surface area contributed by atoms with Gasteiger partial charge in [0.25, 0.3) is 0 Å². The Kier molecular flexibility index (Phi) is 3.69. The highest BCUT2D eigenvalue weighted by Crippen LogP contribution is 2.28. The van der Waals surface area contributed by atoms with E-state index in [2.05, 4.69) is 25.5 Å². The summed E-state index contributed by atoms with van der Waals surface area (Å²) < 4.78 is 49.0. The number of hydrogen-bond acceptors (Lipinski definition) is 7. The van der Waals surface area contributed by atoms with Crippen molar-refractivity contribution < 1.29 is 9.87 Å². The summed E-state index contributed by atoms with van der Waals surface area (Å²) in [6, 6.07) is 4.94. The lowest BCUT2D eigenvalue weighted by atomic mass is 10.0. The molecule has 3 aromatic rings. The minimum absolute atomic E-state index is 0.00122. The molecule has 0 bridgehead atoms. The van der Waals surface area contributed by atoms with Gasteiger partial charge in [-0.05, 0) is 49.6 Å². The molecule has 3 aromatic heterocycles. The van der Waals surface area contributed by atoms with E-state index in [-0.39, 0.29) is 34.9 Å². The number of aromatic nitrogens is 4. The molecule has 0 saturated heterocycles. The highest BCUT2D eigenvalue weighted by molar-refractivity contribution is 5.61. The summed E-state index contributed by atoms with van der Waals surface area (Å²) in [5.74, 6) is -0.570. The van der Waals surface area contributed by atoms with Gasteiger partial charge in [-0.3, -0.25) is 9.97 Å². The Balaban J connectivity index is 1.82. The Labute approximate surface area is 173 Å². The van der Waals surface area contributed by atoms with Crippen LogP contribution in [0.1, 0.15) is 39.3 Å². The van der Waals surface area contributed by atoms with Gasteiger partial charge in [0.15, 0.2) is 17.3 Å². The summed E-state index contributed by atoms with van der Waals surface area (Å²) in [6.07, 6.45) is 2.30. The fourth-order valence-electron chi connectivity index (χ4n) is 2.95. The van der Waals surface area contributed by atoms with Crippen molar-refractivity contribution in [3.63, 3.8) is 0 Å². The molecule has 0 aromatic carbocycles. The first kappa shape index (κ1) is 14.4. The van der Waals surface area contributed by atoms with E-state index in [1.54, 1.807) is 20.8 Å². The number of nitriles is 1. The summed E-state index contributed by atoms with van der Waals surface area (Å²) in [4.78, 5) is 9.09. The van der Waals surface area contributed by atoms with Crippen LogP contribution in [0.15, 0.2) is 24.5 Å². The number of fused-ring (bicyclic) bond motifs is 1. The maximum Gasteiger partial charge on any atom is 0.166 e. The first-order valence-corrected chi connectivity index (χ1v) is 8.88. The molecular formula is C21H20FN7. The zero-order valence-corrected chi connectivity index (χ0v) is 16.1. The Morgan fingerprint density at radius 3 is 2.79 bits per heavy atom. The molecule has 1 aliphatic rings. The third kappa shape index (κ3) is 3.59. The summed E-state index contributed by atoms with van der Waals surface area (Å²) >= 11 is 0. The first-order chi connectivity index (χ1) is 15.5. The van der Waals surface area contributed by atoms with Gasteiger partial charge in [-0.1, -0.05) is 0 Å². The number of pyridine rings is 2. The van der Waals surface area contributed by atoms with Crippen molar-refractivity contribution in [1.29, 1.82) is 5.26 Å². The van der Waals surface area contributed by atoms with E-state index >= 15 is 0 Å². The van der Waals surface area contributed by atoms with E-state index < -0.39 is 18.8 Å². The number of halogens is 1. The van der Waals surface area contributed by atoms with E-state index in [4.69, 9.17) is 5.48 Å². The molecule has 0 amide bonds. The van der Waals surface area contributed by atoms with Crippen LogP contribution in [-0.2, 0) is 12.9 Å². The molecule has 4 rings (SSSR count). The summed E-state index contributed by atoms with van der Waals surface area (Å²) in [5, 5.41) is 19.9. The van der Waals surface area contributed by atoms with Crippen LogP contribution in [0, 0.1) is 37.9 Å². The molecule has 7 nitrogen and oxygen atoms in total. The van der Waals surface area contributed by atoms with Gasteiger partial charge in [0.1, 0.15) is 6.07 Å². The fraction of sp³-hybridized carbons (Fsp3) is 0.286. The van der Waals surface area contributed by atoms with Crippen LogP contribution in [-0.4, -0.2) is 26.7 Å². The van der Waals surface area contributed by atoms with Crippen LogP contribution < -0.4 is 10.2 Å². The maximum atomic E-state index is 14.2. The molecule has 0 aliphatic carbocycles. The van der Waals surface area contributed by atoms with Crippen molar-refractivity contribution in [2.24, 2.45) is 0 Å². The molecule has 0 unspecified atom stereocenters. The van der Waals surface area contributed by atoms with Crippen molar-refractivity contribution in [2.75, 3.05) is 16.7 Å². The molecule has 0 saturated carbocycles. The van der Waals surface area contributed by atoms with Crippen LogP contribution >= 0.6 is 0 Å². The second kappa shape index (κ2) is 7.43. The minimum Gasteiger partial charge on any atom is -0.352 e. The number of anilines is 3. The summed E-state index contributed by atoms with van der Waals surface area (Å²) in [6.45, 7) is 0.481. The third-order valence-corrected chi connectivity index (χ3v) is 4.69. The van der Waals surface area contributed by atoms with Gasteiger partial charge in [-0.2, -0.15) is 5.26 Å². The van der Waals surface area contributed by atoms with Crippen molar-refractivity contribution >= 4 is 17.2 Å². The second-order valence-corrected chi connectivity index (χ2v) is 6.66. The number of rotatable bonds is 3. The lowest BCUT2D eigenvalue weighted by molar-refractivity contribution is 0.624. The largest absolute Gasteiger partial charge is 0.352 e. The Morgan fingerprint density at radius 2 is 2.00 bits per heavy atom. The van der Waals surface area contributed by atoms with Crippen LogP contribution in [0.3, 0.4) is 0 Å². The van der Waals surface area contributed by atoms with Crippen molar-refractivity contribution in [3.8, 4) is 6.07 Å². The Morgan fingerprint density at radius 1 is 1.17 bits per heavy atom. The van der Waals surface area contributed by atoms with Crippen LogP contribution in [0.25, 0.3) is 0 Å². The van der Waals surface area contributed by atoms with Gasteiger partial charge in [-0.15, -0.1) is 10.2 Å². The predicted octanol–water partition coefficient (Wildman–Crippen LogP) is 3.51. The highest BCUT2D eigenvalue weighted by atomic mass is 19.1. The monoisotopic (exact) mass is 393 g/mol. The van der Waals surface area contributed by atoms with E-state index in [1.165, 1.54) is 18.3 Å². The van der Waals surface area contributed by atoms with Crippen LogP contribution in [0.2, 0.25) is 0 Å². The fourth-order valence-corrected chi connectivity index (χ4v) is 2.95. The molecular weight excluding hydrogens is 369 g/mol. The second-order valence-electron chi connectivity index (χ2n) is 6.66. The lowest BCUT2D eigenvalue weighted by Crippen LogP contribution is -2.32. The van der Waals surface area contributed by atoms with Crippen molar-refractivity contribution in [1.82, 2.24) is 20.2 Å². The normalized spacial score (nSPS) is 18.5. The van der Waals surface area contributed by atoms with Crippen molar-refractivity contribution in [2.45, 2.75) is 33.7 Å². The van der Waals surface area contributed by atoms with Gasteiger partial charge in [-0.25, -0.2) is 4.39 Å². The smallest absolute Gasteiger partial charge is 0.166 e. The Bertz CT molecular complexity index is 1310. The standard InChI is InChI=1S/C21H20FN7/c1-12-6-19(17(22)10-24-12)26-16-7-15-11-29(5-4-18(15)25-9-16)21-14(3)13(2)20(8-23)27-28-21/h6-7,9-10H,4-5,11H2,1-3H3,(H,24,26)/i5D2,11D2. The topological polar surface area (TPSA) is 90.6 Å². The first-order valence-electron chi connectivity index (χ1n) is 10.9. The predicted molar refractivity (Wildman–Crippen MR) is 107 cm³/mol. The average Bonchev–Trinajstić information content (AvgIpc) is 2.74. The van der Waals surface area contributed by atoms with Gasteiger partial charge < -0.3 is 10.2 Å². The molecule has 0 spiro atoms.